The first-order chi connectivity index (χ1) is 12.6. The van der Waals surface area contributed by atoms with Crippen molar-refractivity contribution in [1.82, 2.24) is 9.80 Å². The average Bonchev–Trinajstić information content (AvgIpc) is 2.68. The van der Waals surface area contributed by atoms with Crippen LogP contribution in [-0.2, 0) is 9.53 Å². The van der Waals surface area contributed by atoms with Gasteiger partial charge in [-0.2, -0.15) is 0 Å². The second kappa shape index (κ2) is 8.94. The van der Waals surface area contributed by atoms with Gasteiger partial charge in [0.15, 0.2) is 0 Å². The first-order valence-electron chi connectivity index (χ1n) is 9.03. The van der Waals surface area contributed by atoms with E-state index in [0.29, 0.717) is 6.54 Å². The van der Waals surface area contributed by atoms with Crippen LogP contribution in [0.15, 0.2) is 54.6 Å². The number of carbonyl (C=O) groups is 1. The third kappa shape index (κ3) is 4.69. The average molecular weight is 354 g/mol. The summed E-state index contributed by atoms with van der Waals surface area (Å²) in [6, 6.07) is 17.2. The van der Waals surface area contributed by atoms with Crippen LogP contribution in [0.1, 0.15) is 11.6 Å². The summed E-state index contributed by atoms with van der Waals surface area (Å²) in [5, 5.41) is 9.82. The number of hydrogen-bond acceptors (Lipinski definition) is 4. The first kappa shape index (κ1) is 18.6. The standard InChI is InChI=1S/C21H26N2O3/c1-22(10-11-23-12-14-26-15-13-23)20(21(24)25)19-9-5-8-18(16-19)17-6-3-2-4-7-17/h2-9,16,20H,10-15H2,1H3,(H,24,25). The predicted octanol–water partition coefficient (Wildman–Crippen LogP) is 2.74. The fraction of sp³-hybridized carbons (Fsp3) is 0.381. The molecule has 3 rings (SSSR count). The van der Waals surface area contributed by atoms with Crippen LogP contribution in [0.3, 0.4) is 0 Å². The lowest BCUT2D eigenvalue weighted by Gasteiger charge is -2.31. The van der Waals surface area contributed by atoms with Crippen LogP contribution in [0.25, 0.3) is 11.1 Å². The lowest BCUT2D eigenvalue weighted by atomic mass is 9.99. The van der Waals surface area contributed by atoms with Crippen molar-refractivity contribution < 1.29 is 14.6 Å². The molecule has 0 radical (unpaired) electrons. The van der Waals surface area contributed by atoms with Crippen molar-refractivity contribution in [3.8, 4) is 11.1 Å². The summed E-state index contributed by atoms with van der Waals surface area (Å²) >= 11 is 0. The molecule has 0 spiro atoms. The Bertz CT molecular complexity index is 714. The molecule has 0 amide bonds. The zero-order chi connectivity index (χ0) is 18.4. The Labute approximate surface area is 154 Å². The Hall–Kier alpha value is -2.21. The maximum absolute atomic E-state index is 12.0. The lowest BCUT2D eigenvalue weighted by Crippen LogP contribution is -2.42. The molecule has 5 nitrogen and oxygen atoms in total. The summed E-state index contributed by atoms with van der Waals surface area (Å²) in [6.45, 7) is 4.88. The van der Waals surface area contributed by atoms with E-state index in [1.54, 1.807) is 0 Å². The van der Waals surface area contributed by atoms with Gasteiger partial charge in [0, 0.05) is 26.2 Å². The van der Waals surface area contributed by atoms with Gasteiger partial charge in [-0.1, -0.05) is 48.5 Å². The number of aliphatic carboxylic acids is 1. The van der Waals surface area contributed by atoms with E-state index in [0.717, 1.165) is 49.5 Å². The highest BCUT2D eigenvalue weighted by Crippen LogP contribution is 2.26. The molecule has 1 aliphatic heterocycles. The summed E-state index contributed by atoms with van der Waals surface area (Å²) in [6.07, 6.45) is 0. The van der Waals surface area contributed by atoms with Crippen LogP contribution in [0.4, 0.5) is 0 Å². The van der Waals surface area contributed by atoms with Crippen LogP contribution in [0.5, 0.6) is 0 Å². The number of hydrogen-bond donors (Lipinski definition) is 1. The highest BCUT2D eigenvalue weighted by Gasteiger charge is 2.25. The third-order valence-corrected chi connectivity index (χ3v) is 4.86. The largest absolute Gasteiger partial charge is 0.480 e. The van der Waals surface area contributed by atoms with E-state index in [9.17, 15) is 9.90 Å². The molecule has 1 unspecified atom stereocenters. The topological polar surface area (TPSA) is 53.0 Å². The fourth-order valence-corrected chi connectivity index (χ4v) is 3.36. The number of ether oxygens (including phenoxy) is 1. The van der Waals surface area contributed by atoms with Gasteiger partial charge in [0.25, 0.3) is 0 Å². The molecule has 2 aromatic carbocycles. The molecule has 1 atom stereocenters. The molecule has 1 fully saturated rings. The number of carboxylic acid groups (broad SMARTS) is 1. The molecule has 1 aliphatic rings. The maximum Gasteiger partial charge on any atom is 0.325 e. The van der Waals surface area contributed by atoms with Gasteiger partial charge in [-0.3, -0.25) is 14.6 Å². The Morgan fingerprint density at radius 1 is 1.12 bits per heavy atom. The summed E-state index contributed by atoms with van der Waals surface area (Å²) in [4.78, 5) is 16.2. The second-order valence-electron chi connectivity index (χ2n) is 6.67. The molecular weight excluding hydrogens is 328 g/mol. The van der Waals surface area contributed by atoms with E-state index in [2.05, 4.69) is 4.90 Å². The second-order valence-corrected chi connectivity index (χ2v) is 6.67. The SMILES string of the molecule is CN(CCN1CCOCC1)C(C(=O)O)c1cccc(-c2ccccc2)c1. The fourth-order valence-electron chi connectivity index (χ4n) is 3.36. The Kier molecular flexibility index (Phi) is 6.39. The molecule has 0 saturated carbocycles. The first-order valence-corrected chi connectivity index (χ1v) is 9.03. The number of rotatable bonds is 7. The van der Waals surface area contributed by atoms with Crippen LogP contribution >= 0.6 is 0 Å². The van der Waals surface area contributed by atoms with Gasteiger partial charge in [-0.05, 0) is 29.8 Å². The number of nitrogens with zero attached hydrogens (tertiary/aromatic N) is 2. The molecule has 26 heavy (non-hydrogen) atoms. The van der Waals surface area contributed by atoms with Crippen molar-refractivity contribution in [3.05, 3.63) is 60.2 Å². The van der Waals surface area contributed by atoms with E-state index in [-0.39, 0.29) is 0 Å². The lowest BCUT2D eigenvalue weighted by molar-refractivity contribution is -0.143. The minimum absolute atomic E-state index is 0.653. The van der Waals surface area contributed by atoms with Gasteiger partial charge in [0.2, 0.25) is 0 Å². The van der Waals surface area contributed by atoms with E-state index >= 15 is 0 Å². The van der Waals surface area contributed by atoms with E-state index in [4.69, 9.17) is 4.74 Å². The minimum Gasteiger partial charge on any atom is -0.480 e. The molecule has 0 bridgehead atoms. The molecular formula is C21H26N2O3. The molecule has 0 aliphatic carbocycles. The summed E-state index contributed by atoms with van der Waals surface area (Å²) in [5.74, 6) is -0.820. The van der Waals surface area contributed by atoms with E-state index in [1.807, 2.05) is 66.5 Å². The molecule has 2 aromatic rings. The predicted molar refractivity (Wildman–Crippen MR) is 102 cm³/mol. The van der Waals surface area contributed by atoms with Crippen molar-refractivity contribution in [2.24, 2.45) is 0 Å². The van der Waals surface area contributed by atoms with E-state index in [1.165, 1.54) is 0 Å². The molecule has 1 N–H and O–H groups in total. The van der Waals surface area contributed by atoms with Crippen molar-refractivity contribution in [1.29, 1.82) is 0 Å². The van der Waals surface area contributed by atoms with Gasteiger partial charge in [0.05, 0.1) is 13.2 Å². The van der Waals surface area contributed by atoms with Crippen LogP contribution < -0.4 is 0 Å². The molecule has 0 aromatic heterocycles. The Morgan fingerprint density at radius 3 is 2.50 bits per heavy atom. The van der Waals surface area contributed by atoms with Crippen LogP contribution in [0, 0.1) is 0 Å². The zero-order valence-corrected chi connectivity index (χ0v) is 15.2. The maximum atomic E-state index is 12.0. The zero-order valence-electron chi connectivity index (χ0n) is 15.2. The van der Waals surface area contributed by atoms with Crippen LogP contribution in [0.2, 0.25) is 0 Å². The quantitative estimate of drug-likeness (QED) is 0.829. The Morgan fingerprint density at radius 2 is 1.81 bits per heavy atom. The summed E-state index contributed by atoms with van der Waals surface area (Å²) in [7, 11) is 1.88. The Balaban J connectivity index is 1.73. The van der Waals surface area contributed by atoms with Crippen LogP contribution in [-0.4, -0.2) is 67.3 Å². The number of carboxylic acids is 1. The van der Waals surface area contributed by atoms with Crippen molar-refractivity contribution in [3.63, 3.8) is 0 Å². The molecule has 5 heteroatoms. The monoisotopic (exact) mass is 354 g/mol. The number of benzene rings is 2. The van der Waals surface area contributed by atoms with Gasteiger partial charge in [-0.25, -0.2) is 0 Å². The summed E-state index contributed by atoms with van der Waals surface area (Å²) in [5.41, 5.74) is 2.94. The minimum atomic E-state index is -0.820. The van der Waals surface area contributed by atoms with E-state index < -0.39 is 12.0 Å². The van der Waals surface area contributed by atoms with Crippen molar-refractivity contribution >= 4 is 5.97 Å². The van der Waals surface area contributed by atoms with Gasteiger partial charge >= 0.3 is 5.97 Å². The number of morpholine rings is 1. The summed E-state index contributed by atoms with van der Waals surface area (Å²) < 4.78 is 5.37. The normalized spacial score (nSPS) is 16.5. The highest BCUT2D eigenvalue weighted by molar-refractivity contribution is 5.76. The van der Waals surface area contributed by atoms with Gasteiger partial charge in [0.1, 0.15) is 6.04 Å². The highest BCUT2D eigenvalue weighted by atomic mass is 16.5. The van der Waals surface area contributed by atoms with Crippen molar-refractivity contribution in [2.75, 3.05) is 46.4 Å². The van der Waals surface area contributed by atoms with Gasteiger partial charge in [-0.15, -0.1) is 0 Å². The molecule has 1 heterocycles. The molecule has 1 saturated heterocycles. The van der Waals surface area contributed by atoms with Gasteiger partial charge < -0.3 is 9.84 Å². The smallest absolute Gasteiger partial charge is 0.325 e. The third-order valence-electron chi connectivity index (χ3n) is 4.86. The number of likely N-dealkylation sites (N-methyl/N-ethyl adjacent to an activating group) is 1. The van der Waals surface area contributed by atoms with Crippen molar-refractivity contribution in [2.45, 2.75) is 6.04 Å². The molecule has 138 valence electrons.